The third-order valence-corrected chi connectivity index (χ3v) is 4.41. The summed E-state index contributed by atoms with van der Waals surface area (Å²) < 4.78 is 0. The van der Waals surface area contributed by atoms with Crippen LogP contribution in [0.25, 0.3) is 0 Å². The second-order valence-electron chi connectivity index (χ2n) is 4.63. The Bertz CT molecular complexity index is 379. The van der Waals surface area contributed by atoms with Gasteiger partial charge in [0.1, 0.15) is 0 Å². The fourth-order valence-electron chi connectivity index (χ4n) is 2.23. The van der Waals surface area contributed by atoms with Crippen molar-refractivity contribution < 1.29 is 4.79 Å². The van der Waals surface area contributed by atoms with Crippen molar-refractivity contribution in [2.45, 2.75) is 51.6 Å². The first kappa shape index (κ1) is 12.6. The van der Waals surface area contributed by atoms with Crippen molar-refractivity contribution in [2.75, 3.05) is 0 Å². The molecule has 0 saturated carbocycles. The van der Waals surface area contributed by atoms with Gasteiger partial charge in [0.2, 0.25) is 5.91 Å². The molecule has 1 aromatic heterocycles. The van der Waals surface area contributed by atoms with Crippen molar-refractivity contribution >= 4 is 17.2 Å². The van der Waals surface area contributed by atoms with Gasteiger partial charge in [-0.1, -0.05) is 13.3 Å². The Balaban J connectivity index is 1.83. The fraction of sp³-hybridized carbons (Fsp3) is 0.615. The third-order valence-electron chi connectivity index (χ3n) is 3.17. The first-order valence-electron chi connectivity index (χ1n) is 6.34. The maximum absolute atomic E-state index is 11.7. The summed E-state index contributed by atoms with van der Waals surface area (Å²) in [6.07, 6.45) is 5.41. The summed E-state index contributed by atoms with van der Waals surface area (Å²) >= 11 is 1.83. The maximum atomic E-state index is 11.7. The lowest BCUT2D eigenvalue weighted by atomic mass is 10.1. The predicted octanol–water partition coefficient (Wildman–Crippen LogP) is 1.98. The average molecular weight is 252 g/mol. The van der Waals surface area contributed by atoms with E-state index in [-0.39, 0.29) is 11.9 Å². The monoisotopic (exact) mass is 252 g/mol. The van der Waals surface area contributed by atoms with Crippen LogP contribution in [0.5, 0.6) is 0 Å². The molecule has 3 N–H and O–H groups in total. The summed E-state index contributed by atoms with van der Waals surface area (Å²) in [7, 11) is 0. The number of carbonyl (C=O) groups is 1. The summed E-state index contributed by atoms with van der Waals surface area (Å²) in [5, 5.41) is 2.92. The molecule has 17 heavy (non-hydrogen) atoms. The van der Waals surface area contributed by atoms with Crippen LogP contribution in [0.15, 0.2) is 6.07 Å². The number of nitrogens with two attached hydrogens (primary N) is 1. The van der Waals surface area contributed by atoms with E-state index in [4.69, 9.17) is 5.73 Å². The molecule has 2 rings (SSSR count). The van der Waals surface area contributed by atoms with Gasteiger partial charge in [0.25, 0.3) is 0 Å². The van der Waals surface area contributed by atoms with E-state index in [1.54, 1.807) is 0 Å². The van der Waals surface area contributed by atoms with Gasteiger partial charge in [-0.3, -0.25) is 4.79 Å². The van der Waals surface area contributed by atoms with Crippen molar-refractivity contribution in [3.05, 3.63) is 21.4 Å². The minimum absolute atomic E-state index is 0.0274. The summed E-state index contributed by atoms with van der Waals surface area (Å²) in [5.74, 6) is -0.0274. The van der Waals surface area contributed by atoms with E-state index in [0.717, 1.165) is 12.8 Å². The lowest BCUT2D eigenvalue weighted by Crippen LogP contribution is -2.39. The molecular formula is C13H20N2OS. The van der Waals surface area contributed by atoms with Crippen LogP contribution in [-0.2, 0) is 24.2 Å². The quantitative estimate of drug-likeness (QED) is 0.842. The molecule has 4 heteroatoms. The zero-order valence-corrected chi connectivity index (χ0v) is 11.1. The Hall–Kier alpha value is -0.870. The Kier molecular flexibility index (Phi) is 4.18. The van der Waals surface area contributed by atoms with Gasteiger partial charge in [-0.25, -0.2) is 0 Å². The zero-order chi connectivity index (χ0) is 12.3. The first-order chi connectivity index (χ1) is 8.20. The SMILES string of the molecule is CCC[C@@H](N)C(=O)NCc1cc2c(s1)CCC2. The summed E-state index contributed by atoms with van der Waals surface area (Å²) in [6, 6.07) is 1.88. The van der Waals surface area contributed by atoms with Gasteiger partial charge in [0, 0.05) is 9.75 Å². The smallest absolute Gasteiger partial charge is 0.237 e. The molecule has 0 spiro atoms. The van der Waals surface area contributed by atoms with E-state index in [0.29, 0.717) is 6.54 Å². The minimum Gasteiger partial charge on any atom is -0.350 e. The highest BCUT2D eigenvalue weighted by atomic mass is 32.1. The van der Waals surface area contributed by atoms with Gasteiger partial charge in [-0.15, -0.1) is 11.3 Å². The van der Waals surface area contributed by atoms with Gasteiger partial charge in [-0.2, -0.15) is 0 Å². The van der Waals surface area contributed by atoms with E-state index < -0.39 is 0 Å². The molecule has 0 saturated heterocycles. The predicted molar refractivity (Wildman–Crippen MR) is 71.1 cm³/mol. The van der Waals surface area contributed by atoms with Crippen molar-refractivity contribution in [1.29, 1.82) is 0 Å². The highest BCUT2D eigenvalue weighted by Gasteiger charge is 2.16. The second kappa shape index (κ2) is 5.65. The van der Waals surface area contributed by atoms with E-state index in [1.165, 1.54) is 34.6 Å². The largest absolute Gasteiger partial charge is 0.350 e. The van der Waals surface area contributed by atoms with E-state index in [9.17, 15) is 4.79 Å². The van der Waals surface area contributed by atoms with Gasteiger partial charge < -0.3 is 11.1 Å². The molecule has 0 bridgehead atoms. The van der Waals surface area contributed by atoms with Gasteiger partial charge in [-0.05, 0) is 37.3 Å². The molecule has 0 fully saturated rings. The number of fused-ring (bicyclic) bond motifs is 1. The Morgan fingerprint density at radius 1 is 1.59 bits per heavy atom. The summed E-state index contributed by atoms with van der Waals surface area (Å²) in [4.78, 5) is 14.4. The van der Waals surface area contributed by atoms with Crippen LogP contribution in [0.1, 0.15) is 41.5 Å². The molecular weight excluding hydrogens is 232 g/mol. The van der Waals surface area contributed by atoms with Crippen molar-refractivity contribution in [2.24, 2.45) is 5.73 Å². The molecule has 1 amide bonds. The summed E-state index contributed by atoms with van der Waals surface area (Å²) in [5.41, 5.74) is 7.24. The van der Waals surface area contributed by atoms with Crippen LogP contribution in [0, 0.1) is 0 Å². The normalized spacial score (nSPS) is 15.6. The lowest BCUT2D eigenvalue weighted by Gasteiger charge is -2.10. The maximum Gasteiger partial charge on any atom is 0.237 e. The number of nitrogens with one attached hydrogen (secondary N) is 1. The van der Waals surface area contributed by atoms with Gasteiger partial charge in [0.05, 0.1) is 12.6 Å². The van der Waals surface area contributed by atoms with E-state index in [1.807, 2.05) is 18.3 Å². The van der Waals surface area contributed by atoms with Crippen molar-refractivity contribution in [1.82, 2.24) is 5.32 Å². The van der Waals surface area contributed by atoms with E-state index >= 15 is 0 Å². The van der Waals surface area contributed by atoms with Crippen LogP contribution in [0.3, 0.4) is 0 Å². The Morgan fingerprint density at radius 2 is 2.41 bits per heavy atom. The molecule has 3 nitrogen and oxygen atoms in total. The number of hydrogen-bond donors (Lipinski definition) is 2. The van der Waals surface area contributed by atoms with Gasteiger partial charge in [0.15, 0.2) is 0 Å². The second-order valence-corrected chi connectivity index (χ2v) is 5.85. The molecule has 1 heterocycles. The highest BCUT2D eigenvalue weighted by molar-refractivity contribution is 7.12. The molecule has 1 atom stereocenters. The molecule has 0 aliphatic heterocycles. The van der Waals surface area contributed by atoms with Gasteiger partial charge >= 0.3 is 0 Å². The van der Waals surface area contributed by atoms with Crippen molar-refractivity contribution in [3.63, 3.8) is 0 Å². The number of thiophene rings is 1. The average Bonchev–Trinajstić information content (AvgIpc) is 2.86. The van der Waals surface area contributed by atoms with Crippen LogP contribution in [-0.4, -0.2) is 11.9 Å². The number of amides is 1. The topological polar surface area (TPSA) is 55.1 Å². The number of aryl methyl sites for hydroxylation is 2. The molecule has 94 valence electrons. The third kappa shape index (κ3) is 3.07. The standard InChI is InChI=1S/C13H20N2OS/c1-2-4-11(14)13(16)15-8-10-7-9-5-3-6-12(9)17-10/h7,11H,2-6,8,14H2,1H3,(H,15,16)/t11-/m1/s1. The molecule has 1 aromatic rings. The van der Waals surface area contributed by atoms with Crippen LogP contribution in [0.2, 0.25) is 0 Å². The van der Waals surface area contributed by atoms with Crippen LogP contribution in [0.4, 0.5) is 0 Å². The Labute approximate surface area is 106 Å². The highest BCUT2D eigenvalue weighted by Crippen LogP contribution is 2.30. The number of hydrogen-bond acceptors (Lipinski definition) is 3. The fourth-order valence-corrected chi connectivity index (χ4v) is 3.43. The van der Waals surface area contributed by atoms with Crippen LogP contribution < -0.4 is 11.1 Å². The molecule has 1 aliphatic carbocycles. The lowest BCUT2D eigenvalue weighted by molar-refractivity contribution is -0.122. The van der Waals surface area contributed by atoms with Crippen LogP contribution >= 0.6 is 11.3 Å². The Morgan fingerprint density at radius 3 is 3.12 bits per heavy atom. The number of carbonyl (C=O) groups excluding carboxylic acids is 1. The molecule has 0 unspecified atom stereocenters. The van der Waals surface area contributed by atoms with Crippen molar-refractivity contribution in [3.8, 4) is 0 Å². The molecule has 1 aliphatic rings. The van der Waals surface area contributed by atoms with E-state index in [2.05, 4.69) is 11.4 Å². The number of rotatable bonds is 5. The summed E-state index contributed by atoms with van der Waals surface area (Å²) in [6.45, 7) is 2.67. The molecule has 0 aromatic carbocycles. The first-order valence-corrected chi connectivity index (χ1v) is 7.16. The zero-order valence-electron chi connectivity index (χ0n) is 10.3. The minimum atomic E-state index is -0.355. The molecule has 0 radical (unpaired) electrons.